The van der Waals surface area contributed by atoms with Crippen molar-refractivity contribution in [2.75, 3.05) is 39.1 Å². The molecule has 1 heterocycles. The lowest BCUT2D eigenvalue weighted by Crippen LogP contribution is -2.55. The lowest BCUT2D eigenvalue weighted by atomic mass is 10.0. The van der Waals surface area contributed by atoms with Gasteiger partial charge in [-0.3, -0.25) is 19.8 Å². The number of ether oxygens (including phenoxy) is 1. The van der Waals surface area contributed by atoms with Gasteiger partial charge >= 0.3 is 0 Å². The SMILES string of the molecule is CSc1ccc([N+](=O)[O-])c(C(=O)NCC(C)(C)N2CCOCC2)c1. The molecule has 2 rings (SSSR count). The van der Waals surface area contributed by atoms with Crippen molar-refractivity contribution < 1.29 is 14.5 Å². The molecule has 132 valence electrons. The molecular weight excluding hydrogens is 330 g/mol. The van der Waals surface area contributed by atoms with Crippen molar-refractivity contribution in [3.05, 3.63) is 33.9 Å². The Hall–Kier alpha value is -1.64. The molecule has 1 fully saturated rings. The van der Waals surface area contributed by atoms with Gasteiger partial charge in [0.2, 0.25) is 0 Å². The van der Waals surface area contributed by atoms with Crippen LogP contribution in [-0.4, -0.2) is 60.4 Å². The minimum absolute atomic E-state index is 0.102. The molecule has 1 amide bonds. The molecule has 8 heteroatoms. The molecule has 1 aromatic rings. The number of nitro groups is 1. The summed E-state index contributed by atoms with van der Waals surface area (Å²) in [6.07, 6.45) is 1.87. The Bertz CT molecular complexity index is 615. The lowest BCUT2D eigenvalue weighted by molar-refractivity contribution is -0.385. The van der Waals surface area contributed by atoms with Gasteiger partial charge in [0.1, 0.15) is 5.56 Å². The van der Waals surface area contributed by atoms with E-state index in [1.54, 1.807) is 12.1 Å². The van der Waals surface area contributed by atoms with Gasteiger partial charge < -0.3 is 10.1 Å². The summed E-state index contributed by atoms with van der Waals surface area (Å²) in [6.45, 7) is 7.48. The number of nitrogens with one attached hydrogen (secondary N) is 1. The number of carbonyl (C=O) groups is 1. The Labute approximate surface area is 145 Å². The van der Waals surface area contributed by atoms with Crippen LogP contribution in [0.2, 0.25) is 0 Å². The Kier molecular flexibility index (Phi) is 6.20. The second-order valence-electron chi connectivity index (χ2n) is 6.23. The zero-order valence-corrected chi connectivity index (χ0v) is 15.0. The van der Waals surface area contributed by atoms with Crippen LogP contribution >= 0.6 is 11.8 Å². The molecule has 24 heavy (non-hydrogen) atoms. The van der Waals surface area contributed by atoms with E-state index < -0.39 is 10.8 Å². The monoisotopic (exact) mass is 353 g/mol. The van der Waals surface area contributed by atoms with E-state index >= 15 is 0 Å². The molecule has 1 aliphatic rings. The molecule has 0 bridgehead atoms. The summed E-state index contributed by atoms with van der Waals surface area (Å²) in [4.78, 5) is 26.2. The van der Waals surface area contributed by atoms with Gasteiger partial charge in [-0.1, -0.05) is 0 Å². The fourth-order valence-electron chi connectivity index (χ4n) is 2.66. The number of nitrogens with zero attached hydrogens (tertiary/aromatic N) is 2. The normalized spacial score (nSPS) is 16.0. The smallest absolute Gasteiger partial charge is 0.282 e. The van der Waals surface area contributed by atoms with Crippen LogP contribution in [0.15, 0.2) is 23.1 Å². The van der Waals surface area contributed by atoms with Crippen molar-refractivity contribution in [1.82, 2.24) is 10.2 Å². The quantitative estimate of drug-likeness (QED) is 0.479. The Balaban J connectivity index is 2.10. The van der Waals surface area contributed by atoms with Crippen LogP contribution in [0.25, 0.3) is 0 Å². The number of hydrogen-bond donors (Lipinski definition) is 1. The zero-order valence-electron chi connectivity index (χ0n) is 14.2. The summed E-state index contributed by atoms with van der Waals surface area (Å²) in [5.41, 5.74) is -0.315. The van der Waals surface area contributed by atoms with Gasteiger partial charge in [-0.25, -0.2) is 0 Å². The van der Waals surface area contributed by atoms with Crippen molar-refractivity contribution >= 4 is 23.4 Å². The van der Waals surface area contributed by atoms with Crippen LogP contribution in [0.4, 0.5) is 5.69 Å². The van der Waals surface area contributed by atoms with Crippen molar-refractivity contribution in [3.63, 3.8) is 0 Å². The van der Waals surface area contributed by atoms with Crippen LogP contribution in [-0.2, 0) is 4.74 Å². The van der Waals surface area contributed by atoms with Crippen molar-refractivity contribution in [2.45, 2.75) is 24.3 Å². The third-order valence-corrected chi connectivity index (χ3v) is 4.92. The zero-order chi connectivity index (χ0) is 17.7. The molecule has 0 radical (unpaired) electrons. The van der Waals surface area contributed by atoms with Crippen molar-refractivity contribution in [3.8, 4) is 0 Å². The third kappa shape index (κ3) is 4.46. The number of nitro benzene ring substituents is 1. The van der Waals surface area contributed by atoms with E-state index in [-0.39, 0.29) is 16.8 Å². The molecule has 0 saturated carbocycles. The molecule has 0 unspecified atom stereocenters. The highest BCUT2D eigenvalue weighted by atomic mass is 32.2. The molecule has 0 aromatic heterocycles. The Morgan fingerprint density at radius 3 is 2.67 bits per heavy atom. The average molecular weight is 353 g/mol. The molecule has 1 aliphatic heterocycles. The van der Waals surface area contributed by atoms with Gasteiger partial charge in [0, 0.05) is 36.1 Å². The maximum atomic E-state index is 12.5. The fourth-order valence-corrected chi connectivity index (χ4v) is 3.10. The van der Waals surface area contributed by atoms with Crippen LogP contribution in [0, 0.1) is 10.1 Å². The van der Waals surface area contributed by atoms with E-state index in [0.29, 0.717) is 19.8 Å². The minimum Gasteiger partial charge on any atom is -0.379 e. The number of rotatable bonds is 6. The van der Waals surface area contributed by atoms with Crippen molar-refractivity contribution in [1.29, 1.82) is 0 Å². The summed E-state index contributed by atoms with van der Waals surface area (Å²) in [7, 11) is 0. The first-order chi connectivity index (χ1) is 11.3. The number of morpholine rings is 1. The molecule has 0 atom stereocenters. The summed E-state index contributed by atoms with van der Waals surface area (Å²) in [5.74, 6) is -0.418. The number of benzene rings is 1. The first kappa shape index (κ1) is 18.7. The minimum atomic E-state index is -0.522. The van der Waals surface area contributed by atoms with Gasteiger partial charge in [-0.15, -0.1) is 11.8 Å². The van der Waals surface area contributed by atoms with Gasteiger partial charge in [0.05, 0.1) is 18.1 Å². The van der Waals surface area contributed by atoms with E-state index in [1.807, 2.05) is 20.1 Å². The molecule has 1 aromatic carbocycles. The van der Waals surface area contributed by atoms with E-state index in [0.717, 1.165) is 18.0 Å². The average Bonchev–Trinajstić information content (AvgIpc) is 2.59. The molecule has 1 saturated heterocycles. The predicted octanol–water partition coefficient (Wildman–Crippen LogP) is 2.16. The summed E-state index contributed by atoms with van der Waals surface area (Å²) < 4.78 is 5.35. The maximum Gasteiger partial charge on any atom is 0.282 e. The topological polar surface area (TPSA) is 84.7 Å². The van der Waals surface area contributed by atoms with E-state index in [2.05, 4.69) is 10.2 Å². The largest absolute Gasteiger partial charge is 0.379 e. The number of thioether (sulfide) groups is 1. The summed E-state index contributed by atoms with van der Waals surface area (Å²) in [5, 5.41) is 14.0. The maximum absolute atomic E-state index is 12.5. The molecular formula is C16H23N3O4S. The lowest BCUT2D eigenvalue weighted by Gasteiger charge is -2.40. The van der Waals surface area contributed by atoms with Crippen molar-refractivity contribution in [2.24, 2.45) is 0 Å². The second-order valence-corrected chi connectivity index (χ2v) is 7.11. The highest BCUT2D eigenvalue weighted by molar-refractivity contribution is 7.98. The van der Waals surface area contributed by atoms with E-state index in [1.165, 1.54) is 17.8 Å². The summed E-state index contributed by atoms with van der Waals surface area (Å²) >= 11 is 1.44. The van der Waals surface area contributed by atoms with Crippen LogP contribution in [0.1, 0.15) is 24.2 Å². The first-order valence-electron chi connectivity index (χ1n) is 7.78. The van der Waals surface area contributed by atoms with E-state index in [4.69, 9.17) is 4.74 Å². The van der Waals surface area contributed by atoms with Crippen LogP contribution in [0.5, 0.6) is 0 Å². The second kappa shape index (κ2) is 7.96. The molecule has 7 nitrogen and oxygen atoms in total. The number of amides is 1. The molecule has 0 spiro atoms. The predicted molar refractivity (Wildman–Crippen MR) is 93.7 cm³/mol. The van der Waals surface area contributed by atoms with Gasteiger partial charge in [-0.2, -0.15) is 0 Å². The Morgan fingerprint density at radius 2 is 2.08 bits per heavy atom. The fraction of sp³-hybridized carbons (Fsp3) is 0.562. The van der Waals surface area contributed by atoms with Crippen LogP contribution in [0.3, 0.4) is 0 Å². The molecule has 0 aliphatic carbocycles. The standard InChI is InChI=1S/C16H23N3O4S/c1-16(2,18-6-8-23-9-7-18)11-17-15(20)13-10-12(24-3)4-5-14(13)19(21)22/h4-5,10H,6-9,11H2,1-3H3,(H,17,20). The van der Waals surface area contributed by atoms with Gasteiger partial charge in [0.15, 0.2) is 0 Å². The highest BCUT2D eigenvalue weighted by Gasteiger charge is 2.29. The van der Waals surface area contributed by atoms with Gasteiger partial charge in [-0.05, 0) is 32.2 Å². The van der Waals surface area contributed by atoms with E-state index in [9.17, 15) is 14.9 Å². The summed E-state index contributed by atoms with van der Waals surface area (Å²) in [6, 6.07) is 4.60. The Morgan fingerprint density at radius 1 is 1.42 bits per heavy atom. The molecule has 1 N–H and O–H groups in total. The first-order valence-corrected chi connectivity index (χ1v) is 9.01. The number of carbonyl (C=O) groups excluding carboxylic acids is 1. The number of hydrogen-bond acceptors (Lipinski definition) is 6. The van der Waals surface area contributed by atoms with Crippen LogP contribution < -0.4 is 5.32 Å². The third-order valence-electron chi connectivity index (χ3n) is 4.19. The highest BCUT2D eigenvalue weighted by Crippen LogP contribution is 2.25. The van der Waals surface area contributed by atoms with Gasteiger partial charge in [0.25, 0.3) is 11.6 Å².